The van der Waals surface area contributed by atoms with Crippen molar-refractivity contribution in [1.29, 1.82) is 0 Å². The SMILES string of the molecule is Nc1nc(-c2cccnc2)nc(N2CCN(Cc3ccc4c(c3)OCO4)CC2)n1. The maximum Gasteiger partial charge on any atom is 0.231 e. The molecule has 2 N–H and O–H groups in total. The molecule has 1 fully saturated rings. The van der Waals surface area contributed by atoms with Gasteiger partial charge < -0.3 is 20.1 Å². The van der Waals surface area contributed by atoms with Crippen LogP contribution in [0.4, 0.5) is 11.9 Å². The smallest absolute Gasteiger partial charge is 0.231 e. The fraction of sp³-hybridized carbons (Fsp3) is 0.300. The molecule has 9 nitrogen and oxygen atoms in total. The quantitative estimate of drug-likeness (QED) is 0.710. The number of rotatable bonds is 4. The Labute approximate surface area is 168 Å². The molecule has 148 valence electrons. The Balaban J connectivity index is 1.25. The zero-order chi connectivity index (χ0) is 19.6. The van der Waals surface area contributed by atoms with Gasteiger partial charge in [-0.15, -0.1) is 0 Å². The van der Waals surface area contributed by atoms with Gasteiger partial charge in [0.2, 0.25) is 18.7 Å². The van der Waals surface area contributed by atoms with E-state index in [9.17, 15) is 0 Å². The van der Waals surface area contributed by atoms with Gasteiger partial charge in [0.15, 0.2) is 17.3 Å². The Bertz CT molecular complexity index is 1010. The lowest BCUT2D eigenvalue weighted by atomic mass is 10.1. The first-order chi connectivity index (χ1) is 14.2. The van der Waals surface area contributed by atoms with Crippen molar-refractivity contribution < 1.29 is 9.47 Å². The number of benzene rings is 1. The molecule has 2 aliphatic heterocycles. The number of anilines is 2. The average Bonchev–Trinajstić information content (AvgIpc) is 3.22. The number of ether oxygens (including phenoxy) is 2. The Morgan fingerprint density at radius 2 is 1.83 bits per heavy atom. The molecule has 4 heterocycles. The number of piperazine rings is 1. The number of pyridine rings is 1. The summed E-state index contributed by atoms with van der Waals surface area (Å²) in [6, 6.07) is 9.88. The van der Waals surface area contributed by atoms with Crippen molar-refractivity contribution in [1.82, 2.24) is 24.8 Å². The molecule has 0 spiro atoms. The van der Waals surface area contributed by atoms with Gasteiger partial charge >= 0.3 is 0 Å². The summed E-state index contributed by atoms with van der Waals surface area (Å²) in [6.45, 7) is 4.61. The van der Waals surface area contributed by atoms with Crippen LogP contribution in [0.25, 0.3) is 11.4 Å². The van der Waals surface area contributed by atoms with Gasteiger partial charge in [0.25, 0.3) is 0 Å². The van der Waals surface area contributed by atoms with Gasteiger partial charge in [-0.05, 0) is 29.8 Å². The van der Waals surface area contributed by atoms with E-state index < -0.39 is 0 Å². The van der Waals surface area contributed by atoms with E-state index >= 15 is 0 Å². The first-order valence-corrected chi connectivity index (χ1v) is 9.52. The van der Waals surface area contributed by atoms with Crippen LogP contribution < -0.4 is 20.1 Å². The van der Waals surface area contributed by atoms with Crippen LogP contribution in [0, 0.1) is 0 Å². The summed E-state index contributed by atoms with van der Waals surface area (Å²) in [5.74, 6) is 3.01. The van der Waals surface area contributed by atoms with E-state index in [1.54, 1.807) is 12.4 Å². The molecule has 0 unspecified atom stereocenters. The van der Waals surface area contributed by atoms with Crippen LogP contribution in [-0.2, 0) is 6.54 Å². The molecule has 0 saturated carbocycles. The van der Waals surface area contributed by atoms with Crippen molar-refractivity contribution in [3.05, 3.63) is 48.3 Å². The Kier molecular flexibility index (Phi) is 4.57. The zero-order valence-corrected chi connectivity index (χ0v) is 15.9. The molecule has 0 radical (unpaired) electrons. The second-order valence-corrected chi connectivity index (χ2v) is 7.01. The summed E-state index contributed by atoms with van der Waals surface area (Å²) in [5, 5.41) is 0. The van der Waals surface area contributed by atoms with Crippen LogP contribution >= 0.6 is 0 Å². The van der Waals surface area contributed by atoms with Crippen molar-refractivity contribution in [2.45, 2.75) is 6.54 Å². The van der Waals surface area contributed by atoms with Gasteiger partial charge in [0, 0.05) is 50.7 Å². The third-order valence-electron chi connectivity index (χ3n) is 5.06. The molecule has 0 atom stereocenters. The summed E-state index contributed by atoms with van der Waals surface area (Å²) < 4.78 is 10.9. The number of nitrogen functional groups attached to an aromatic ring is 1. The van der Waals surface area contributed by atoms with Crippen molar-refractivity contribution in [2.24, 2.45) is 0 Å². The van der Waals surface area contributed by atoms with E-state index in [0.29, 0.717) is 18.6 Å². The predicted octanol–water partition coefficient (Wildman–Crippen LogP) is 1.57. The minimum absolute atomic E-state index is 0.219. The minimum atomic E-state index is 0.219. The van der Waals surface area contributed by atoms with Crippen LogP contribution in [0.3, 0.4) is 0 Å². The van der Waals surface area contributed by atoms with Gasteiger partial charge in [-0.2, -0.15) is 15.0 Å². The number of fused-ring (bicyclic) bond motifs is 1. The summed E-state index contributed by atoms with van der Waals surface area (Å²) in [6.07, 6.45) is 3.44. The zero-order valence-electron chi connectivity index (χ0n) is 15.9. The number of nitrogens with zero attached hydrogens (tertiary/aromatic N) is 6. The predicted molar refractivity (Wildman–Crippen MR) is 108 cm³/mol. The lowest BCUT2D eigenvalue weighted by Gasteiger charge is -2.34. The van der Waals surface area contributed by atoms with E-state index in [-0.39, 0.29) is 5.95 Å². The van der Waals surface area contributed by atoms with Gasteiger partial charge in [0.1, 0.15) is 0 Å². The summed E-state index contributed by atoms with van der Waals surface area (Å²) in [7, 11) is 0. The van der Waals surface area contributed by atoms with Crippen LogP contribution in [0.5, 0.6) is 11.5 Å². The molecular weight excluding hydrogens is 370 g/mol. The standard InChI is InChI=1S/C20H21N7O2/c21-19-23-18(15-2-1-5-22-11-15)24-20(25-19)27-8-6-26(7-9-27)12-14-3-4-16-17(10-14)29-13-28-16/h1-5,10-11H,6-9,12-13H2,(H2,21,23,24,25). The van der Waals surface area contributed by atoms with Gasteiger partial charge in [-0.1, -0.05) is 6.07 Å². The highest BCUT2D eigenvalue weighted by molar-refractivity contribution is 5.56. The van der Waals surface area contributed by atoms with Gasteiger partial charge in [0.05, 0.1) is 0 Å². The average molecular weight is 391 g/mol. The molecule has 3 aromatic rings. The fourth-order valence-electron chi connectivity index (χ4n) is 3.55. The first kappa shape index (κ1) is 17.6. The van der Waals surface area contributed by atoms with Crippen LogP contribution in [-0.4, -0.2) is 57.8 Å². The van der Waals surface area contributed by atoms with E-state index in [1.807, 2.05) is 18.2 Å². The maximum atomic E-state index is 5.94. The molecule has 0 aliphatic carbocycles. The Morgan fingerprint density at radius 3 is 2.66 bits per heavy atom. The van der Waals surface area contributed by atoms with Gasteiger partial charge in [-0.25, -0.2) is 0 Å². The molecule has 5 rings (SSSR count). The van der Waals surface area contributed by atoms with Crippen LogP contribution in [0.2, 0.25) is 0 Å². The summed E-state index contributed by atoms with van der Waals surface area (Å²) in [5.41, 5.74) is 7.97. The van der Waals surface area contributed by atoms with Gasteiger partial charge in [-0.3, -0.25) is 9.88 Å². The molecule has 0 amide bonds. The molecule has 0 bridgehead atoms. The second-order valence-electron chi connectivity index (χ2n) is 7.01. The summed E-state index contributed by atoms with van der Waals surface area (Å²) >= 11 is 0. The number of aromatic nitrogens is 4. The molecule has 9 heteroatoms. The first-order valence-electron chi connectivity index (χ1n) is 9.52. The van der Waals surface area contributed by atoms with Crippen molar-refractivity contribution in [3.63, 3.8) is 0 Å². The third kappa shape index (κ3) is 3.77. The second kappa shape index (κ2) is 7.51. The lowest BCUT2D eigenvalue weighted by Crippen LogP contribution is -2.46. The fourth-order valence-corrected chi connectivity index (χ4v) is 3.55. The number of nitrogens with two attached hydrogens (primary N) is 1. The molecule has 29 heavy (non-hydrogen) atoms. The number of hydrogen-bond acceptors (Lipinski definition) is 9. The minimum Gasteiger partial charge on any atom is -0.454 e. The maximum absolute atomic E-state index is 5.94. The summed E-state index contributed by atoms with van der Waals surface area (Å²) in [4.78, 5) is 21.9. The Hall–Kier alpha value is -3.46. The topological polar surface area (TPSA) is 103 Å². The van der Waals surface area contributed by atoms with Crippen molar-refractivity contribution in [2.75, 3.05) is 43.6 Å². The normalized spacial score (nSPS) is 16.2. The monoisotopic (exact) mass is 391 g/mol. The van der Waals surface area contributed by atoms with E-state index in [2.05, 4.69) is 41.9 Å². The van der Waals surface area contributed by atoms with Crippen LogP contribution in [0.1, 0.15) is 5.56 Å². The molecular formula is C20H21N7O2. The molecule has 1 aromatic carbocycles. The van der Waals surface area contributed by atoms with E-state index in [1.165, 1.54) is 5.56 Å². The van der Waals surface area contributed by atoms with Crippen LogP contribution in [0.15, 0.2) is 42.7 Å². The van der Waals surface area contributed by atoms with Crippen molar-refractivity contribution >= 4 is 11.9 Å². The number of hydrogen-bond donors (Lipinski definition) is 1. The van der Waals surface area contributed by atoms with E-state index in [0.717, 1.165) is 49.8 Å². The molecule has 2 aliphatic rings. The Morgan fingerprint density at radius 1 is 0.966 bits per heavy atom. The molecule has 1 saturated heterocycles. The van der Waals surface area contributed by atoms with Crippen molar-refractivity contribution in [3.8, 4) is 22.9 Å². The molecule has 2 aromatic heterocycles. The largest absolute Gasteiger partial charge is 0.454 e. The highest BCUT2D eigenvalue weighted by Gasteiger charge is 2.21. The highest BCUT2D eigenvalue weighted by Crippen LogP contribution is 2.33. The van der Waals surface area contributed by atoms with E-state index in [4.69, 9.17) is 15.2 Å². The third-order valence-corrected chi connectivity index (χ3v) is 5.06. The lowest BCUT2D eigenvalue weighted by molar-refractivity contribution is 0.174. The highest BCUT2D eigenvalue weighted by atomic mass is 16.7.